The first kappa shape index (κ1) is 12.7. The van der Waals surface area contributed by atoms with Gasteiger partial charge in [-0.25, -0.2) is 0 Å². The Morgan fingerprint density at radius 3 is 3.07 bits per heavy atom. The predicted molar refractivity (Wildman–Crippen MR) is 67.2 cm³/mol. The fourth-order valence-corrected chi connectivity index (χ4v) is 2.39. The molecule has 0 bridgehead atoms. The molecule has 2 nitrogen and oxygen atoms in total. The van der Waals surface area contributed by atoms with Gasteiger partial charge in [0.1, 0.15) is 5.76 Å². The number of furan rings is 1. The van der Waals surface area contributed by atoms with Gasteiger partial charge in [0.2, 0.25) is 0 Å². The zero-order valence-corrected chi connectivity index (χ0v) is 10.5. The molecule has 1 atom stereocenters. The highest BCUT2D eigenvalue weighted by Crippen LogP contribution is 2.11. The molecule has 0 saturated heterocycles. The molecule has 0 aromatic carbocycles. The molecule has 3 heteroatoms. The summed E-state index contributed by atoms with van der Waals surface area (Å²) in [5, 5.41) is 4.09. The maximum atomic E-state index is 5.24. The van der Waals surface area contributed by atoms with Gasteiger partial charge in [-0.1, -0.05) is 20.3 Å². The fraction of sp³-hybridized carbons (Fsp3) is 0.667. The molecule has 0 aliphatic heterocycles. The summed E-state index contributed by atoms with van der Waals surface area (Å²) in [5.41, 5.74) is 0. The molecule has 0 spiro atoms. The normalized spacial score (nSPS) is 12.9. The van der Waals surface area contributed by atoms with Crippen LogP contribution in [0.5, 0.6) is 0 Å². The quantitative estimate of drug-likeness (QED) is 0.690. The van der Waals surface area contributed by atoms with Crippen LogP contribution < -0.4 is 5.32 Å². The minimum atomic E-state index is 0.687. The molecule has 1 heterocycles. The summed E-state index contributed by atoms with van der Waals surface area (Å²) in [6, 6.07) is 3.93. The van der Waals surface area contributed by atoms with Gasteiger partial charge in [-0.05, 0) is 24.3 Å². The lowest BCUT2D eigenvalue weighted by Crippen LogP contribution is -2.22. The van der Waals surface area contributed by atoms with Crippen molar-refractivity contribution in [1.29, 1.82) is 0 Å². The molecule has 86 valence electrons. The Kier molecular flexibility index (Phi) is 6.60. The third-order valence-electron chi connectivity index (χ3n) is 2.21. The lowest BCUT2D eigenvalue weighted by atomic mass is 10.4. The summed E-state index contributed by atoms with van der Waals surface area (Å²) < 4.78 is 5.24. The van der Waals surface area contributed by atoms with Crippen LogP contribution in [-0.4, -0.2) is 17.5 Å². The molecule has 1 aromatic rings. The largest absolute Gasteiger partial charge is 0.468 e. The molecular formula is C12H21NOS. The van der Waals surface area contributed by atoms with E-state index in [0.29, 0.717) is 5.25 Å². The number of hydrogen-bond donors (Lipinski definition) is 1. The summed E-state index contributed by atoms with van der Waals surface area (Å²) in [6.07, 6.45) is 4.34. The molecule has 1 aromatic heterocycles. The van der Waals surface area contributed by atoms with Gasteiger partial charge < -0.3 is 9.73 Å². The van der Waals surface area contributed by atoms with Gasteiger partial charge in [0.15, 0.2) is 0 Å². The van der Waals surface area contributed by atoms with Crippen molar-refractivity contribution in [2.45, 2.75) is 38.5 Å². The smallest absolute Gasteiger partial charge is 0.117 e. The Hall–Kier alpha value is -0.410. The number of rotatable bonds is 8. The molecule has 1 N–H and O–H groups in total. The zero-order chi connectivity index (χ0) is 10.9. The van der Waals surface area contributed by atoms with Crippen LogP contribution in [0.4, 0.5) is 0 Å². The van der Waals surface area contributed by atoms with Gasteiger partial charge in [-0.2, -0.15) is 11.8 Å². The van der Waals surface area contributed by atoms with E-state index in [0.717, 1.165) is 18.8 Å². The fourth-order valence-electron chi connectivity index (χ4n) is 1.30. The van der Waals surface area contributed by atoms with Gasteiger partial charge >= 0.3 is 0 Å². The third-order valence-corrected chi connectivity index (χ3v) is 3.47. The second-order valence-electron chi connectivity index (χ2n) is 3.75. The summed E-state index contributed by atoms with van der Waals surface area (Å²) >= 11 is 2.05. The van der Waals surface area contributed by atoms with Gasteiger partial charge in [0, 0.05) is 11.8 Å². The Labute approximate surface area is 96.8 Å². The van der Waals surface area contributed by atoms with Gasteiger partial charge in [0.25, 0.3) is 0 Å². The maximum Gasteiger partial charge on any atom is 0.117 e. The average Bonchev–Trinajstić information content (AvgIpc) is 2.71. The second kappa shape index (κ2) is 7.83. The molecule has 1 rings (SSSR count). The van der Waals surface area contributed by atoms with E-state index in [9.17, 15) is 0 Å². The Morgan fingerprint density at radius 1 is 1.53 bits per heavy atom. The first-order chi connectivity index (χ1) is 7.33. The number of nitrogens with one attached hydrogen (secondary N) is 1. The number of unbranched alkanes of at least 4 members (excludes halogenated alkanes) is 1. The molecular weight excluding hydrogens is 206 g/mol. The van der Waals surface area contributed by atoms with Crippen molar-refractivity contribution in [3.05, 3.63) is 24.2 Å². The van der Waals surface area contributed by atoms with Crippen LogP contribution in [0.15, 0.2) is 22.8 Å². The Balaban J connectivity index is 1.99. The minimum absolute atomic E-state index is 0.687. The van der Waals surface area contributed by atoms with Gasteiger partial charge in [0.05, 0.1) is 12.8 Å². The highest BCUT2D eigenvalue weighted by molar-refractivity contribution is 7.99. The average molecular weight is 227 g/mol. The van der Waals surface area contributed by atoms with E-state index >= 15 is 0 Å². The second-order valence-corrected chi connectivity index (χ2v) is 5.29. The van der Waals surface area contributed by atoms with Crippen molar-refractivity contribution in [2.24, 2.45) is 0 Å². The molecule has 0 aliphatic rings. The van der Waals surface area contributed by atoms with Gasteiger partial charge in [-0.3, -0.25) is 0 Å². The lowest BCUT2D eigenvalue weighted by Gasteiger charge is -2.11. The number of thioether (sulfide) groups is 1. The number of hydrogen-bond acceptors (Lipinski definition) is 3. The van der Waals surface area contributed by atoms with E-state index in [1.54, 1.807) is 6.26 Å². The molecule has 1 unspecified atom stereocenters. The monoisotopic (exact) mass is 227 g/mol. The van der Waals surface area contributed by atoms with E-state index in [1.165, 1.54) is 18.6 Å². The molecule has 0 amide bonds. The van der Waals surface area contributed by atoms with Crippen molar-refractivity contribution >= 4 is 11.8 Å². The van der Waals surface area contributed by atoms with Crippen molar-refractivity contribution in [2.75, 3.05) is 12.3 Å². The van der Waals surface area contributed by atoms with E-state index in [-0.39, 0.29) is 0 Å². The van der Waals surface area contributed by atoms with Crippen LogP contribution >= 0.6 is 11.8 Å². The van der Waals surface area contributed by atoms with Crippen LogP contribution in [0.25, 0.3) is 0 Å². The zero-order valence-electron chi connectivity index (χ0n) is 9.66. The van der Waals surface area contributed by atoms with Crippen LogP contribution in [0, 0.1) is 0 Å². The topological polar surface area (TPSA) is 25.2 Å². The predicted octanol–water partition coefficient (Wildman–Crippen LogP) is 3.29. The molecule has 15 heavy (non-hydrogen) atoms. The van der Waals surface area contributed by atoms with Crippen LogP contribution in [0.3, 0.4) is 0 Å². The first-order valence-electron chi connectivity index (χ1n) is 5.67. The highest BCUT2D eigenvalue weighted by Gasteiger charge is 2.02. The highest BCUT2D eigenvalue weighted by atomic mass is 32.2. The molecule has 0 fully saturated rings. The summed E-state index contributed by atoms with van der Waals surface area (Å²) in [7, 11) is 0. The first-order valence-corrected chi connectivity index (χ1v) is 6.72. The molecule has 0 aliphatic carbocycles. The van der Waals surface area contributed by atoms with Crippen LogP contribution in [0.1, 0.15) is 32.4 Å². The van der Waals surface area contributed by atoms with Crippen molar-refractivity contribution in [3.8, 4) is 0 Å². The SMILES string of the molecule is CCCCSC(C)CNCc1ccco1. The van der Waals surface area contributed by atoms with Crippen LogP contribution in [0.2, 0.25) is 0 Å². The summed E-state index contributed by atoms with van der Waals surface area (Å²) in [4.78, 5) is 0. The summed E-state index contributed by atoms with van der Waals surface area (Å²) in [5.74, 6) is 2.29. The Bertz CT molecular complexity index is 236. The van der Waals surface area contributed by atoms with E-state index < -0.39 is 0 Å². The van der Waals surface area contributed by atoms with Crippen LogP contribution in [-0.2, 0) is 6.54 Å². The van der Waals surface area contributed by atoms with E-state index in [1.807, 2.05) is 23.9 Å². The third kappa shape index (κ3) is 5.90. The molecule has 0 saturated carbocycles. The van der Waals surface area contributed by atoms with Gasteiger partial charge in [-0.15, -0.1) is 0 Å². The van der Waals surface area contributed by atoms with Crippen molar-refractivity contribution < 1.29 is 4.42 Å². The molecule has 0 radical (unpaired) electrons. The standard InChI is InChI=1S/C12H21NOS/c1-3-4-8-15-11(2)9-13-10-12-6-5-7-14-12/h5-7,11,13H,3-4,8-10H2,1-2H3. The van der Waals surface area contributed by atoms with E-state index in [4.69, 9.17) is 4.42 Å². The van der Waals surface area contributed by atoms with Crippen molar-refractivity contribution in [1.82, 2.24) is 5.32 Å². The van der Waals surface area contributed by atoms with Crippen molar-refractivity contribution in [3.63, 3.8) is 0 Å². The minimum Gasteiger partial charge on any atom is -0.468 e. The van der Waals surface area contributed by atoms with E-state index in [2.05, 4.69) is 19.2 Å². The lowest BCUT2D eigenvalue weighted by molar-refractivity contribution is 0.484. The summed E-state index contributed by atoms with van der Waals surface area (Å²) in [6.45, 7) is 6.40. The Morgan fingerprint density at radius 2 is 2.40 bits per heavy atom. The maximum absolute atomic E-state index is 5.24.